The van der Waals surface area contributed by atoms with E-state index in [9.17, 15) is 14.4 Å². The van der Waals surface area contributed by atoms with Crippen LogP contribution in [0.1, 0.15) is 17.3 Å². The Bertz CT molecular complexity index is 548. The van der Waals surface area contributed by atoms with Crippen LogP contribution in [-0.2, 0) is 4.79 Å². The van der Waals surface area contributed by atoms with E-state index in [-0.39, 0.29) is 16.5 Å². The summed E-state index contributed by atoms with van der Waals surface area (Å²) >= 11 is 5.77. The number of halogens is 1. The first-order valence-corrected chi connectivity index (χ1v) is 6.05. The van der Waals surface area contributed by atoms with Crippen LogP contribution in [-0.4, -0.2) is 36.1 Å². The lowest BCUT2D eigenvalue weighted by atomic mass is 10.2. The van der Waals surface area contributed by atoms with Gasteiger partial charge in [0.1, 0.15) is 6.04 Å². The molecule has 8 heteroatoms. The maximum absolute atomic E-state index is 11.6. The van der Waals surface area contributed by atoms with E-state index in [0.717, 1.165) is 0 Å². The Morgan fingerprint density at radius 2 is 1.95 bits per heavy atom. The van der Waals surface area contributed by atoms with E-state index in [0.29, 0.717) is 5.69 Å². The molecule has 0 aliphatic rings. The fourth-order valence-electron chi connectivity index (χ4n) is 1.41. The first-order chi connectivity index (χ1) is 9.35. The summed E-state index contributed by atoms with van der Waals surface area (Å²) < 4.78 is 0. The van der Waals surface area contributed by atoms with Gasteiger partial charge in [-0.2, -0.15) is 0 Å². The van der Waals surface area contributed by atoms with E-state index in [2.05, 4.69) is 16.0 Å². The van der Waals surface area contributed by atoms with Gasteiger partial charge < -0.3 is 21.1 Å². The van der Waals surface area contributed by atoms with Crippen molar-refractivity contribution < 1.29 is 19.5 Å². The zero-order valence-corrected chi connectivity index (χ0v) is 11.6. The third-order valence-electron chi connectivity index (χ3n) is 2.44. The average Bonchev–Trinajstić information content (AvgIpc) is 2.37. The lowest BCUT2D eigenvalue weighted by Crippen LogP contribution is -2.45. The predicted octanol–water partition coefficient (Wildman–Crippen LogP) is 1.29. The number of nitrogens with one attached hydrogen (secondary N) is 3. The van der Waals surface area contributed by atoms with Crippen molar-refractivity contribution >= 4 is 35.2 Å². The molecule has 0 heterocycles. The maximum Gasteiger partial charge on any atom is 0.337 e. The summed E-state index contributed by atoms with van der Waals surface area (Å²) in [6, 6.07) is 2.70. The molecule has 4 N–H and O–H groups in total. The number of amides is 3. The Balaban J connectivity index is 2.69. The maximum atomic E-state index is 11.6. The Labute approximate surface area is 120 Å². The van der Waals surface area contributed by atoms with Crippen LogP contribution in [0.3, 0.4) is 0 Å². The number of rotatable bonds is 4. The number of carbonyl (C=O) groups excluding carboxylic acids is 2. The molecule has 20 heavy (non-hydrogen) atoms. The van der Waals surface area contributed by atoms with Crippen LogP contribution in [0.5, 0.6) is 0 Å². The van der Waals surface area contributed by atoms with Gasteiger partial charge in [-0.25, -0.2) is 9.59 Å². The predicted molar refractivity (Wildman–Crippen MR) is 74.1 cm³/mol. The molecule has 0 radical (unpaired) electrons. The Morgan fingerprint density at radius 3 is 2.45 bits per heavy atom. The summed E-state index contributed by atoms with van der Waals surface area (Å²) in [4.78, 5) is 33.6. The van der Waals surface area contributed by atoms with E-state index >= 15 is 0 Å². The summed E-state index contributed by atoms with van der Waals surface area (Å²) in [5.41, 5.74) is 0.262. The van der Waals surface area contributed by atoms with Crippen molar-refractivity contribution in [3.8, 4) is 0 Å². The molecule has 0 spiro atoms. The van der Waals surface area contributed by atoms with E-state index in [1.165, 1.54) is 32.2 Å². The number of anilines is 1. The van der Waals surface area contributed by atoms with Crippen molar-refractivity contribution in [2.24, 2.45) is 0 Å². The van der Waals surface area contributed by atoms with Crippen molar-refractivity contribution in [2.45, 2.75) is 13.0 Å². The Morgan fingerprint density at radius 1 is 1.30 bits per heavy atom. The second kappa shape index (κ2) is 6.76. The van der Waals surface area contributed by atoms with E-state index < -0.39 is 18.0 Å². The second-order valence-corrected chi connectivity index (χ2v) is 4.34. The first-order valence-electron chi connectivity index (χ1n) is 5.67. The highest BCUT2D eigenvalue weighted by Gasteiger charge is 2.14. The molecule has 0 aliphatic carbocycles. The third-order valence-corrected chi connectivity index (χ3v) is 2.76. The van der Waals surface area contributed by atoms with Gasteiger partial charge in [-0.1, -0.05) is 11.6 Å². The molecule has 1 aromatic carbocycles. The summed E-state index contributed by atoms with van der Waals surface area (Å²) in [6.45, 7) is 1.53. The molecule has 0 aromatic heterocycles. The van der Waals surface area contributed by atoms with E-state index in [4.69, 9.17) is 16.7 Å². The zero-order valence-electron chi connectivity index (χ0n) is 10.9. The number of likely N-dealkylation sites (N-methyl/N-ethyl adjacent to an activating group) is 1. The largest absolute Gasteiger partial charge is 0.478 e. The molecule has 0 fully saturated rings. The van der Waals surface area contributed by atoms with Crippen LogP contribution in [0.2, 0.25) is 5.02 Å². The number of aromatic carboxylic acids is 1. The number of hydrogen-bond acceptors (Lipinski definition) is 3. The standard InChI is InChI=1S/C12H14ClN3O4/c1-6(10(17)14-2)15-12(20)16-7-3-4-8(11(18)19)9(13)5-7/h3-6H,1-2H3,(H,14,17)(H,18,19)(H2,15,16,20). The average molecular weight is 300 g/mol. The van der Waals surface area contributed by atoms with Crippen molar-refractivity contribution in [3.63, 3.8) is 0 Å². The van der Waals surface area contributed by atoms with Gasteiger partial charge in [0.05, 0.1) is 10.6 Å². The summed E-state index contributed by atoms with van der Waals surface area (Å²) in [7, 11) is 1.46. The number of carboxylic acids is 1. The number of urea groups is 1. The molecular weight excluding hydrogens is 286 g/mol. The van der Waals surface area contributed by atoms with Gasteiger partial charge in [0.15, 0.2) is 0 Å². The molecule has 0 saturated carbocycles. The second-order valence-electron chi connectivity index (χ2n) is 3.93. The lowest BCUT2D eigenvalue weighted by Gasteiger charge is -2.13. The minimum absolute atomic E-state index is 0.00893. The smallest absolute Gasteiger partial charge is 0.337 e. The minimum Gasteiger partial charge on any atom is -0.478 e. The number of hydrogen-bond donors (Lipinski definition) is 4. The van der Waals surface area contributed by atoms with Crippen LogP contribution in [0.4, 0.5) is 10.5 Å². The van der Waals surface area contributed by atoms with Crippen molar-refractivity contribution in [3.05, 3.63) is 28.8 Å². The topological polar surface area (TPSA) is 108 Å². The van der Waals surface area contributed by atoms with Gasteiger partial charge in [-0.3, -0.25) is 4.79 Å². The van der Waals surface area contributed by atoms with Gasteiger partial charge in [0.25, 0.3) is 0 Å². The normalized spacial score (nSPS) is 11.3. The van der Waals surface area contributed by atoms with Crippen LogP contribution >= 0.6 is 11.6 Å². The summed E-state index contributed by atoms with van der Waals surface area (Å²) in [5, 5.41) is 16.1. The monoisotopic (exact) mass is 299 g/mol. The molecule has 7 nitrogen and oxygen atoms in total. The van der Waals surface area contributed by atoms with E-state index in [1.54, 1.807) is 0 Å². The Hall–Kier alpha value is -2.28. The molecule has 3 amide bonds. The SMILES string of the molecule is CNC(=O)C(C)NC(=O)Nc1ccc(C(=O)O)c(Cl)c1. The van der Waals surface area contributed by atoms with Gasteiger partial charge in [-0.15, -0.1) is 0 Å². The molecule has 1 rings (SSSR count). The number of carbonyl (C=O) groups is 3. The van der Waals surface area contributed by atoms with Crippen LogP contribution < -0.4 is 16.0 Å². The highest BCUT2D eigenvalue weighted by atomic mass is 35.5. The van der Waals surface area contributed by atoms with Crippen molar-refractivity contribution in [1.29, 1.82) is 0 Å². The number of benzene rings is 1. The Kier molecular flexibility index (Phi) is 5.33. The highest BCUT2D eigenvalue weighted by molar-refractivity contribution is 6.33. The summed E-state index contributed by atoms with van der Waals surface area (Å²) in [5.74, 6) is -1.49. The zero-order chi connectivity index (χ0) is 15.3. The van der Waals surface area contributed by atoms with Gasteiger partial charge in [0, 0.05) is 12.7 Å². The molecule has 0 saturated heterocycles. The molecule has 1 atom stereocenters. The van der Waals surface area contributed by atoms with Crippen molar-refractivity contribution in [1.82, 2.24) is 10.6 Å². The molecule has 0 aliphatic heterocycles. The minimum atomic E-state index is -1.15. The van der Waals surface area contributed by atoms with Gasteiger partial charge >= 0.3 is 12.0 Å². The third kappa shape index (κ3) is 4.13. The first kappa shape index (κ1) is 15.8. The van der Waals surface area contributed by atoms with Crippen LogP contribution in [0.25, 0.3) is 0 Å². The van der Waals surface area contributed by atoms with Crippen LogP contribution in [0, 0.1) is 0 Å². The summed E-state index contributed by atoms with van der Waals surface area (Å²) in [6.07, 6.45) is 0. The van der Waals surface area contributed by atoms with E-state index in [1.807, 2.05) is 0 Å². The van der Waals surface area contributed by atoms with Gasteiger partial charge in [0.2, 0.25) is 5.91 Å². The molecule has 1 unspecified atom stereocenters. The van der Waals surface area contributed by atoms with Gasteiger partial charge in [-0.05, 0) is 25.1 Å². The number of carboxylic acid groups (broad SMARTS) is 1. The molecule has 1 aromatic rings. The fraction of sp³-hybridized carbons (Fsp3) is 0.250. The molecule has 108 valence electrons. The van der Waals surface area contributed by atoms with Crippen molar-refractivity contribution in [2.75, 3.05) is 12.4 Å². The van der Waals surface area contributed by atoms with Crippen LogP contribution in [0.15, 0.2) is 18.2 Å². The molecule has 0 bridgehead atoms. The lowest BCUT2D eigenvalue weighted by molar-refractivity contribution is -0.122. The highest BCUT2D eigenvalue weighted by Crippen LogP contribution is 2.20. The molecular formula is C12H14ClN3O4. The quantitative estimate of drug-likeness (QED) is 0.672. The fourth-order valence-corrected chi connectivity index (χ4v) is 1.67.